The number of ether oxygens (including phenoxy) is 1. The van der Waals surface area contributed by atoms with E-state index in [0.717, 1.165) is 28.8 Å². The average Bonchev–Trinajstić information content (AvgIpc) is 2.53. The van der Waals surface area contributed by atoms with Crippen molar-refractivity contribution in [3.8, 4) is 11.1 Å². The summed E-state index contributed by atoms with van der Waals surface area (Å²) in [5.74, 6) is -0.354. The summed E-state index contributed by atoms with van der Waals surface area (Å²) in [6, 6.07) is 10.6. The Kier molecular flexibility index (Phi) is 5.62. The number of hydrogen-bond donors (Lipinski definition) is 1. The molecular weight excluding hydrogens is 319 g/mol. The number of rotatable bonds is 5. The van der Waals surface area contributed by atoms with Gasteiger partial charge in [-0.05, 0) is 40.5 Å². The van der Waals surface area contributed by atoms with Gasteiger partial charge in [-0.2, -0.15) is 13.2 Å². The third kappa shape index (κ3) is 4.83. The van der Waals surface area contributed by atoms with Crippen LogP contribution in [0.3, 0.4) is 0 Å². The van der Waals surface area contributed by atoms with Crippen molar-refractivity contribution in [1.82, 2.24) is 0 Å². The lowest BCUT2D eigenvalue weighted by Gasteiger charge is -2.11. The van der Waals surface area contributed by atoms with Gasteiger partial charge in [-0.15, -0.1) is 0 Å². The van der Waals surface area contributed by atoms with Crippen LogP contribution in [0.1, 0.15) is 23.6 Å². The van der Waals surface area contributed by atoms with Crippen LogP contribution in [0, 0.1) is 0 Å². The summed E-state index contributed by atoms with van der Waals surface area (Å²) in [7, 11) is 0. The summed E-state index contributed by atoms with van der Waals surface area (Å²) >= 11 is 0. The third-order valence-corrected chi connectivity index (χ3v) is 3.53. The van der Waals surface area contributed by atoms with Gasteiger partial charge >= 0.3 is 12.1 Å². The smallest absolute Gasteiger partial charge is 0.416 e. The standard InChI is InChI=1S/C18H18F3NO2/c1-12(23)24-7-6-13-8-14(11-22)10-16(9-13)15-2-4-17(5-3-15)18(19,20)21/h2-5,8-10H,6-7,11,22H2,1H3. The van der Waals surface area contributed by atoms with E-state index < -0.39 is 11.7 Å². The fourth-order valence-corrected chi connectivity index (χ4v) is 2.36. The molecule has 0 atom stereocenters. The Bertz CT molecular complexity index is 709. The molecule has 0 aromatic heterocycles. The van der Waals surface area contributed by atoms with E-state index in [1.54, 1.807) is 0 Å². The van der Waals surface area contributed by atoms with Gasteiger partial charge in [0.15, 0.2) is 0 Å². The van der Waals surface area contributed by atoms with E-state index >= 15 is 0 Å². The summed E-state index contributed by atoms with van der Waals surface area (Å²) in [5, 5.41) is 0. The molecule has 0 aliphatic carbocycles. The van der Waals surface area contributed by atoms with Crippen LogP contribution < -0.4 is 5.73 Å². The SMILES string of the molecule is CC(=O)OCCc1cc(CN)cc(-c2ccc(C(F)(F)F)cc2)c1. The van der Waals surface area contributed by atoms with Gasteiger partial charge in [0, 0.05) is 19.9 Å². The highest BCUT2D eigenvalue weighted by Gasteiger charge is 2.29. The Labute approximate surface area is 138 Å². The molecule has 0 saturated heterocycles. The monoisotopic (exact) mass is 337 g/mol. The predicted molar refractivity (Wildman–Crippen MR) is 85.1 cm³/mol. The normalized spacial score (nSPS) is 11.4. The topological polar surface area (TPSA) is 52.3 Å². The summed E-state index contributed by atoms with van der Waals surface area (Å²) in [4.78, 5) is 10.8. The second kappa shape index (κ2) is 7.49. The molecule has 0 aliphatic rings. The van der Waals surface area contributed by atoms with E-state index in [4.69, 9.17) is 10.5 Å². The molecule has 2 aromatic carbocycles. The molecule has 0 spiro atoms. The van der Waals surface area contributed by atoms with Crippen LogP contribution in [0.5, 0.6) is 0 Å². The molecule has 0 fully saturated rings. The van der Waals surface area contributed by atoms with Crippen LogP contribution in [0.25, 0.3) is 11.1 Å². The van der Waals surface area contributed by atoms with Gasteiger partial charge in [-0.3, -0.25) is 4.79 Å². The molecule has 0 heterocycles. The average molecular weight is 337 g/mol. The number of halogens is 3. The van der Waals surface area contributed by atoms with Crippen molar-refractivity contribution in [2.45, 2.75) is 26.1 Å². The lowest BCUT2D eigenvalue weighted by molar-refractivity contribution is -0.141. The molecule has 6 heteroatoms. The molecule has 3 nitrogen and oxygen atoms in total. The molecule has 0 amide bonds. The van der Waals surface area contributed by atoms with Crippen LogP contribution >= 0.6 is 0 Å². The Morgan fingerprint density at radius 1 is 1.04 bits per heavy atom. The first-order chi connectivity index (χ1) is 11.3. The maximum atomic E-state index is 12.7. The molecule has 0 aliphatic heterocycles. The molecule has 0 radical (unpaired) electrons. The van der Waals surface area contributed by atoms with E-state index in [9.17, 15) is 18.0 Å². The van der Waals surface area contributed by atoms with Crippen molar-refractivity contribution < 1.29 is 22.7 Å². The quantitative estimate of drug-likeness (QED) is 0.841. The van der Waals surface area contributed by atoms with Gasteiger partial charge in [-0.25, -0.2) is 0 Å². The van der Waals surface area contributed by atoms with Gasteiger partial charge in [-0.1, -0.05) is 24.3 Å². The van der Waals surface area contributed by atoms with Gasteiger partial charge in [0.2, 0.25) is 0 Å². The fourth-order valence-electron chi connectivity index (χ4n) is 2.36. The van der Waals surface area contributed by atoms with Crippen LogP contribution in [0.4, 0.5) is 13.2 Å². The molecule has 0 bridgehead atoms. The van der Waals surface area contributed by atoms with E-state index in [1.807, 2.05) is 18.2 Å². The number of carbonyl (C=O) groups excluding carboxylic acids is 1. The molecule has 128 valence electrons. The zero-order chi connectivity index (χ0) is 17.7. The van der Waals surface area contributed by atoms with Crippen molar-refractivity contribution >= 4 is 5.97 Å². The maximum Gasteiger partial charge on any atom is 0.416 e. The Hall–Kier alpha value is -2.34. The fraction of sp³-hybridized carbons (Fsp3) is 0.278. The molecule has 2 rings (SSSR count). The van der Waals surface area contributed by atoms with Gasteiger partial charge in [0.1, 0.15) is 0 Å². The van der Waals surface area contributed by atoms with Crippen molar-refractivity contribution in [3.05, 3.63) is 59.2 Å². The second-order valence-electron chi connectivity index (χ2n) is 5.41. The number of carbonyl (C=O) groups is 1. The van der Waals surface area contributed by atoms with Gasteiger partial charge < -0.3 is 10.5 Å². The number of benzene rings is 2. The summed E-state index contributed by atoms with van der Waals surface area (Å²) in [5.41, 5.74) is 8.24. The maximum absolute atomic E-state index is 12.7. The number of esters is 1. The molecule has 0 unspecified atom stereocenters. The van der Waals surface area contributed by atoms with Gasteiger partial charge in [0.05, 0.1) is 12.2 Å². The highest BCUT2D eigenvalue weighted by Crippen LogP contribution is 2.31. The zero-order valence-corrected chi connectivity index (χ0v) is 13.2. The number of hydrogen-bond acceptors (Lipinski definition) is 3. The second-order valence-corrected chi connectivity index (χ2v) is 5.41. The van der Waals surface area contributed by atoms with Crippen molar-refractivity contribution in [2.24, 2.45) is 5.73 Å². The van der Waals surface area contributed by atoms with Crippen LogP contribution in [-0.2, 0) is 28.7 Å². The minimum absolute atomic E-state index is 0.246. The molecular formula is C18H18F3NO2. The summed E-state index contributed by atoms with van der Waals surface area (Å²) in [6.45, 7) is 1.90. The first-order valence-electron chi connectivity index (χ1n) is 7.43. The number of nitrogens with two attached hydrogens (primary N) is 1. The van der Waals surface area contributed by atoms with E-state index in [2.05, 4.69) is 0 Å². The number of alkyl halides is 3. The van der Waals surface area contributed by atoms with Crippen molar-refractivity contribution in [1.29, 1.82) is 0 Å². The van der Waals surface area contributed by atoms with Gasteiger partial charge in [0.25, 0.3) is 0 Å². The molecule has 2 aromatic rings. The Morgan fingerprint density at radius 2 is 1.67 bits per heavy atom. The zero-order valence-electron chi connectivity index (χ0n) is 13.2. The highest BCUT2D eigenvalue weighted by atomic mass is 19.4. The lowest BCUT2D eigenvalue weighted by atomic mass is 9.97. The third-order valence-electron chi connectivity index (χ3n) is 3.53. The molecule has 0 saturated carbocycles. The van der Waals surface area contributed by atoms with Crippen LogP contribution in [-0.4, -0.2) is 12.6 Å². The minimum Gasteiger partial charge on any atom is -0.466 e. The Balaban J connectivity index is 2.27. The van der Waals surface area contributed by atoms with E-state index in [0.29, 0.717) is 18.5 Å². The molecule has 24 heavy (non-hydrogen) atoms. The van der Waals surface area contributed by atoms with Crippen molar-refractivity contribution in [3.63, 3.8) is 0 Å². The van der Waals surface area contributed by atoms with Crippen LogP contribution in [0.2, 0.25) is 0 Å². The summed E-state index contributed by atoms with van der Waals surface area (Å²) < 4.78 is 42.9. The highest BCUT2D eigenvalue weighted by molar-refractivity contribution is 5.66. The molecule has 2 N–H and O–H groups in total. The van der Waals surface area contributed by atoms with E-state index in [1.165, 1.54) is 19.1 Å². The first kappa shape index (κ1) is 18.0. The summed E-state index contributed by atoms with van der Waals surface area (Å²) in [6.07, 6.45) is -3.84. The minimum atomic E-state index is -4.35. The largest absolute Gasteiger partial charge is 0.466 e. The lowest BCUT2D eigenvalue weighted by Crippen LogP contribution is -2.05. The Morgan fingerprint density at radius 3 is 2.21 bits per heavy atom. The van der Waals surface area contributed by atoms with E-state index in [-0.39, 0.29) is 12.6 Å². The van der Waals surface area contributed by atoms with Crippen LogP contribution in [0.15, 0.2) is 42.5 Å². The van der Waals surface area contributed by atoms with Crippen molar-refractivity contribution in [2.75, 3.05) is 6.61 Å². The predicted octanol–water partition coefficient (Wildman–Crippen LogP) is 3.94. The first-order valence-corrected chi connectivity index (χ1v) is 7.43.